The largest absolute Gasteiger partial charge is 0.497 e. The number of hydrogen-bond donors (Lipinski definition) is 2. The van der Waals surface area contributed by atoms with Gasteiger partial charge in [-0.25, -0.2) is 0 Å². The van der Waals surface area contributed by atoms with Gasteiger partial charge in [0.05, 0.1) is 45.5 Å². The van der Waals surface area contributed by atoms with Gasteiger partial charge in [0.25, 0.3) is 0 Å². The minimum Gasteiger partial charge on any atom is -0.497 e. The van der Waals surface area contributed by atoms with E-state index in [1.165, 1.54) is 6.07 Å². The summed E-state index contributed by atoms with van der Waals surface area (Å²) in [6.07, 6.45) is 1.46. The summed E-state index contributed by atoms with van der Waals surface area (Å²) in [5, 5.41) is 6.10. The minimum absolute atomic E-state index is 0.00249. The maximum Gasteiger partial charge on any atom is 0.241 e. The SMILES string of the molecule is COc1ccc(NC(=O)C2CCCN2CC(=O)Nc2c(Cl)c(Cl)cc(Cl)c2Cl)cc1. The Kier molecular flexibility index (Phi) is 7.71. The Morgan fingerprint density at radius 3 is 2.30 bits per heavy atom. The molecule has 0 spiro atoms. The number of hydrogen-bond acceptors (Lipinski definition) is 4. The second kappa shape index (κ2) is 10.1. The van der Waals surface area contributed by atoms with Crippen molar-refractivity contribution in [2.45, 2.75) is 18.9 Å². The number of rotatable bonds is 6. The molecule has 2 amide bonds. The standard InChI is InChI=1S/C20H19Cl4N3O3/c1-30-12-6-4-11(5-7-12)25-20(29)15-3-2-8-27(15)10-16(28)26-19-17(23)13(21)9-14(22)18(19)24/h4-7,9,15H,2-3,8,10H2,1H3,(H,25,29)(H,26,28). The molecule has 1 aliphatic heterocycles. The van der Waals surface area contributed by atoms with Gasteiger partial charge in [-0.1, -0.05) is 46.4 Å². The van der Waals surface area contributed by atoms with Gasteiger partial charge in [-0.3, -0.25) is 14.5 Å². The van der Waals surface area contributed by atoms with Crippen molar-refractivity contribution in [1.82, 2.24) is 4.90 Å². The molecule has 6 nitrogen and oxygen atoms in total. The lowest BCUT2D eigenvalue weighted by molar-refractivity contribution is -0.122. The monoisotopic (exact) mass is 489 g/mol. The summed E-state index contributed by atoms with van der Waals surface area (Å²) in [6, 6.07) is 8.03. The molecule has 2 aromatic carbocycles. The summed E-state index contributed by atoms with van der Waals surface area (Å²) < 4.78 is 5.11. The van der Waals surface area contributed by atoms with Gasteiger partial charge in [0.15, 0.2) is 0 Å². The zero-order valence-electron chi connectivity index (χ0n) is 16.0. The summed E-state index contributed by atoms with van der Waals surface area (Å²) in [5.41, 5.74) is 0.809. The number of nitrogens with zero attached hydrogens (tertiary/aromatic N) is 1. The van der Waals surface area contributed by atoms with E-state index in [1.807, 2.05) is 4.90 Å². The topological polar surface area (TPSA) is 70.7 Å². The van der Waals surface area contributed by atoms with Crippen molar-refractivity contribution < 1.29 is 14.3 Å². The Hall–Kier alpha value is -1.70. The molecule has 30 heavy (non-hydrogen) atoms. The summed E-state index contributed by atoms with van der Waals surface area (Å²) in [5.74, 6) is 0.152. The summed E-state index contributed by atoms with van der Waals surface area (Å²) in [7, 11) is 1.58. The van der Waals surface area contributed by atoms with Crippen LogP contribution in [-0.4, -0.2) is 43.0 Å². The van der Waals surface area contributed by atoms with E-state index in [4.69, 9.17) is 51.1 Å². The Balaban J connectivity index is 1.64. The zero-order valence-corrected chi connectivity index (χ0v) is 19.0. The molecule has 0 radical (unpaired) electrons. The number of benzene rings is 2. The van der Waals surface area contributed by atoms with Crippen molar-refractivity contribution in [2.75, 3.05) is 30.8 Å². The fourth-order valence-corrected chi connectivity index (χ4v) is 4.16. The number of anilines is 2. The van der Waals surface area contributed by atoms with Gasteiger partial charge < -0.3 is 15.4 Å². The van der Waals surface area contributed by atoms with Gasteiger partial charge in [-0.05, 0) is 49.7 Å². The number of likely N-dealkylation sites (tertiary alicyclic amines) is 1. The van der Waals surface area contributed by atoms with Gasteiger partial charge in [0.2, 0.25) is 11.8 Å². The Morgan fingerprint density at radius 2 is 1.70 bits per heavy atom. The average Bonchev–Trinajstić information content (AvgIpc) is 3.18. The maximum atomic E-state index is 12.7. The molecular formula is C20H19Cl4N3O3. The van der Waals surface area contributed by atoms with E-state index in [1.54, 1.807) is 31.4 Å². The number of carbonyl (C=O) groups excluding carboxylic acids is 2. The molecule has 3 rings (SSSR count). The van der Waals surface area contributed by atoms with Crippen LogP contribution in [0.5, 0.6) is 5.75 Å². The number of carbonyl (C=O) groups is 2. The van der Waals surface area contributed by atoms with E-state index in [0.717, 1.165) is 6.42 Å². The lowest BCUT2D eigenvalue weighted by atomic mass is 10.2. The second-order valence-electron chi connectivity index (χ2n) is 6.74. The smallest absolute Gasteiger partial charge is 0.241 e. The predicted octanol–water partition coefficient (Wildman–Crippen LogP) is 5.35. The van der Waals surface area contributed by atoms with Crippen molar-refractivity contribution >= 4 is 69.6 Å². The summed E-state index contributed by atoms with van der Waals surface area (Å²) in [4.78, 5) is 27.1. The molecule has 2 aromatic rings. The lowest BCUT2D eigenvalue weighted by Crippen LogP contribution is -2.43. The van der Waals surface area contributed by atoms with E-state index in [0.29, 0.717) is 24.4 Å². The Labute approximate surface area is 194 Å². The van der Waals surface area contributed by atoms with Gasteiger partial charge >= 0.3 is 0 Å². The molecule has 0 saturated carbocycles. The highest BCUT2D eigenvalue weighted by molar-refractivity contribution is 6.50. The van der Waals surface area contributed by atoms with Crippen LogP contribution in [-0.2, 0) is 9.59 Å². The molecule has 1 heterocycles. The van der Waals surface area contributed by atoms with Crippen LogP contribution in [0, 0.1) is 0 Å². The van der Waals surface area contributed by atoms with Gasteiger partial charge in [-0.15, -0.1) is 0 Å². The highest BCUT2D eigenvalue weighted by Gasteiger charge is 2.32. The summed E-state index contributed by atoms with van der Waals surface area (Å²) >= 11 is 24.3. The second-order valence-corrected chi connectivity index (χ2v) is 8.31. The summed E-state index contributed by atoms with van der Waals surface area (Å²) in [6.45, 7) is 0.614. The highest BCUT2D eigenvalue weighted by Crippen LogP contribution is 2.41. The molecule has 1 atom stereocenters. The van der Waals surface area contributed by atoms with E-state index in [-0.39, 0.29) is 44.1 Å². The Morgan fingerprint density at radius 1 is 1.07 bits per heavy atom. The number of nitrogens with one attached hydrogen (secondary N) is 2. The van der Waals surface area contributed by atoms with Crippen LogP contribution in [0.25, 0.3) is 0 Å². The fraction of sp³-hybridized carbons (Fsp3) is 0.300. The van der Waals surface area contributed by atoms with E-state index in [9.17, 15) is 9.59 Å². The number of methoxy groups -OCH3 is 1. The highest BCUT2D eigenvalue weighted by atomic mass is 35.5. The quantitative estimate of drug-likeness (QED) is 0.535. The predicted molar refractivity (Wildman–Crippen MR) is 121 cm³/mol. The molecule has 0 aromatic heterocycles. The molecular weight excluding hydrogens is 472 g/mol. The number of halogens is 4. The third kappa shape index (κ3) is 5.31. The fourth-order valence-electron chi connectivity index (χ4n) is 3.26. The molecule has 1 saturated heterocycles. The zero-order chi connectivity index (χ0) is 21.8. The first-order valence-corrected chi connectivity index (χ1v) is 10.6. The molecule has 1 fully saturated rings. The molecule has 1 aliphatic rings. The van der Waals surface area contributed by atoms with Crippen LogP contribution in [0.15, 0.2) is 30.3 Å². The first-order chi connectivity index (χ1) is 14.3. The van der Waals surface area contributed by atoms with Crippen molar-refractivity contribution in [1.29, 1.82) is 0 Å². The van der Waals surface area contributed by atoms with Crippen LogP contribution in [0.3, 0.4) is 0 Å². The molecule has 0 bridgehead atoms. The van der Waals surface area contributed by atoms with E-state index in [2.05, 4.69) is 10.6 Å². The van der Waals surface area contributed by atoms with Crippen LogP contribution >= 0.6 is 46.4 Å². The number of ether oxygens (including phenoxy) is 1. The Bertz CT molecular complexity index is 927. The van der Waals surface area contributed by atoms with Crippen LogP contribution in [0.1, 0.15) is 12.8 Å². The third-order valence-electron chi connectivity index (χ3n) is 4.75. The van der Waals surface area contributed by atoms with Crippen LogP contribution in [0.2, 0.25) is 20.1 Å². The molecule has 0 aliphatic carbocycles. The van der Waals surface area contributed by atoms with Crippen LogP contribution < -0.4 is 15.4 Å². The van der Waals surface area contributed by atoms with Crippen molar-refractivity contribution in [2.24, 2.45) is 0 Å². The average molecular weight is 491 g/mol. The first kappa shape index (κ1) is 23.0. The number of amides is 2. The maximum absolute atomic E-state index is 12.7. The van der Waals surface area contributed by atoms with Gasteiger partial charge in [0, 0.05) is 5.69 Å². The van der Waals surface area contributed by atoms with Crippen molar-refractivity contribution in [3.8, 4) is 5.75 Å². The molecule has 2 N–H and O–H groups in total. The third-order valence-corrected chi connectivity index (χ3v) is 6.32. The first-order valence-electron chi connectivity index (χ1n) is 9.12. The lowest BCUT2D eigenvalue weighted by Gasteiger charge is -2.23. The van der Waals surface area contributed by atoms with Crippen molar-refractivity contribution in [3.63, 3.8) is 0 Å². The van der Waals surface area contributed by atoms with Crippen LogP contribution in [0.4, 0.5) is 11.4 Å². The van der Waals surface area contributed by atoms with Gasteiger partial charge in [-0.2, -0.15) is 0 Å². The minimum atomic E-state index is -0.424. The van der Waals surface area contributed by atoms with Crippen molar-refractivity contribution in [3.05, 3.63) is 50.4 Å². The van der Waals surface area contributed by atoms with E-state index < -0.39 is 6.04 Å². The molecule has 160 valence electrons. The normalized spacial score (nSPS) is 16.4. The van der Waals surface area contributed by atoms with E-state index >= 15 is 0 Å². The molecule has 10 heteroatoms. The molecule has 1 unspecified atom stereocenters. The van der Waals surface area contributed by atoms with Gasteiger partial charge in [0.1, 0.15) is 5.75 Å².